The minimum atomic E-state index is -3.03. The summed E-state index contributed by atoms with van der Waals surface area (Å²) in [6.45, 7) is 0. The molecule has 0 bridgehead atoms. The van der Waals surface area contributed by atoms with Gasteiger partial charge in [0, 0.05) is 37.7 Å². The molecule has 0 aliphatic carbocycles. The van der Waals surface area contributed by atoms with Crippen LogP contribution in [-0.4, -0.2) is 0 Å². The van der Waals surface area contributed by atoms with Gasteiger partial charge in [-0.2, -0.15) is 0 Å². The van der Waals surface area contributed by atoms with Gasteiger partial charge < -0.3 is 8.98 Å². The Hall–Kier alpha value is -1.99. The number of rotatable bonds is 1. The van der Waals surface area contributed by atoms with Crippen molar-refractivity contribution in [3.8, 4) is 11.3 Å². The Balaban J connectivity index is 1.96. The molecule has 1 aliphatic heterocycles. The summed E-state index contributed by atoms with van der Waals surface area (Å²) in [5.41, 5.74) is 1.43. The van der Waals surface area contributed by atoms with Crippen LogP contribution in [0.2, 0.25) is 10.0 Å². The van der Waals surface area contributed by atoms with Gasteiger partial charge in [-0.15, -0.1) is 0 Å². The molecule has 0 fully saturated rings. The topological polar surface area (TPSA) is 30.2 Å². The summed E-state index contributed by atoms with van der Waals surface area (Å²) < 4.78 is 20.5. The van der Waals surface area contributed by atoms with Crippen LogP contribution in [0.25, 0.3) is 22.3 Å². The molecule has 0 amide bonds. The molecular weight excluding hydrogens is 374 g/mol. The third kappa shape index (κ3) is 2.02. The molecule has 1 aromatic heterocycles. The lowest BCUT2D eigenvalue weighted by atomic mass is 10.1. The Morgan fingerprint density at radius 1 is 0.840 bits per heavy atom. The predicted octanol–water partition coefficient (Wildman–Crippen LogP) is 5.36. The van der Waals surface area contributed by atoms with E-state index in [1.54, 1.807) is 18.2 Å². The SMILES string of the molecule is O=P1(c2ccccc2)c2ccc(Cl)cc2-c2oc3cc(Cl)ccc3c21. The van der Waals surface area contributed by atoms with Crippen molar-refractivity contribution in [2.75, 3.05) is 0 Å². The standard InChI is InChI=1S/C20H11Cl2O2P/c21-12-7-9-18-16(10-12)19-20(15-8-6-13(22)11-17(15)24-19)25(18,23)14-4-2-1-3-5-14/h1-11H. The van der Waals surface area contributed by atoms with Crippen LogP contribution in [0.5, 0.6) is 0 Å². The third-order valence-corrected chi connectivity index (χ3v) is 8.24. The summed E-state index contributed by atoms with van der Waals surface area (Å²) in [4.78, 5) is 0. The summed E-state index contributed by atoms with van der Waals surface area (Å²) in [5, 5.41) is 4.30. The second-order valence-electron chi connectivity index (χ2n) is 6.03. The predicted molar refractivity (Wildman–Crippen MR) is 105 cm³/mol. The van der Waals surface area contributed by atoms with Crippen molar-refractivity contribution in [1.82, 2.24) is 0 Å². The molecule has 2 nitrogen and oxygen atoms in total. The Morgan fingerprint density at radius 2 is 1.56 bits per heavy atom. The second-order valence-corrected chi connectivity index (χ2v) is 9.56. The Kier molecular flexibility index (Phi) is 3.21. The van der Waals surface area contributed by atoms with Crippen molar-refractivity contribution in [3.05, 3.63) is 76.8 Å². The number of halogens is 2. The molecular formula is C20H11Cl2O2P. The quantitative estimate of drug-likeness (QED) is 0.364. The van der Waals surface area contributed by atoms with Crippen LogP contribution in [0.4, 0.5) is 0 Å². The van der Waals surface area contributed by atoms with Crippen molar-refractivity contribution in [3.63, 3.8) is 0 Å². The average Bonchev–Trinajstić information content (AvgIpc) is 3.10. The fourth-order valence-electron chi connectivity index (χ4n) is 3.54. The molecule has 0 radical (unpaired) electrons. The summed E-state index contributed by atoms with van der Waals surface area (Å²) in [6.07, 6.45) is 0. The zero-order valence-corrected chi connectivity index (χ0v) is 15.3. The maximum Gasteiger partial charge on any atom is 0.176 e. The molecule has 25 heavy (non-hydrogen) atoms. The molecule has 1 atom stereocenters. The number of hydrogen-bond acceptors (Lipinski definition) is 2. The fraction of sp³-hybridized carbons (Fsp3) is 0. The maximum absolute atomic E-state index is 14.4. The number of furan rings is 1. The highest BCUT2D eigenvalue weighted by Gasteiger charge is 2.44. The highest BCUT2D eigenvalue weighted by atomic mass is 35.5. The van der Waals surface area contributed by atoms with Crippen LogP contribution in [0.3, 0.4) is 0 Å². The molecule has 1 unspecified atom stereocenters. The van der Waals surface area contributed by atoms with Gasteiger partial charge in [0.05, 0.1) is 5.30 Å². The average molecular weight is 385 g/mol. The van der Waals surface area contributed by atoms with E-state index in [-0.39, 0.29) is 0 Å². The summed E-state index contributed by atoms with van der Waals surface area (Å²) in [7, 11) is -3.03. The smallest absolute Gasteiger partial charge is 0.176 e. The van der Waals surface area contributed by atoms with Gasteiger partial charge in [-0.3, -0.25) is 0 Å². The molecule has 122 valence electrons. The van der Waals surface area contributed by atoms with Crippen LogP contribution in [-0.2, 0) is 4.57 Å². The van der Waals surface area contributed by atoms with E-state index in [0.717, 1.165) is 26.9 Å². The highest BCUT2D eigenvalue weighted by molar-refractivity contribution is 7.86. The van der Waals surface area contributed by atoms with Crippen LogP contribution in [0, 0.1) is 0 Å². The lowest BCUT2D eigenvalue weighted by Crippen LogP contribution is -2.20. The van der Waals surface area contributed by atoms with Crippen LogP contribution in [0.1, 0.15) is 0 Å². The maximum atomic E-state index is 14.4. The molecule has 0 saturated carbocycles. The van der Waals surface area contributed by atoms with E-state index in [9.17, 15) is 4.57 Å². The molecule has 0 saturated heterocycles. The van der Waals surface area contributed by atoms with Gasteiger partial charge in [0.25, 0.3) is 0 Å². The van der Waals surface area contributed by atoms with Gasteiger partial charge in [0.15, 0.2) is 7.14 Å². The summed E-state index contributed by atoms with van der Waals surface area (Å²) >= 11 is 12.3. The Bertz CT molecular complexity index is 1200. The molecule has 5 heteroatoms. The van der Waals surface area contributed by atoms with E-state index in [1.807, 2.05) is 48.5 Å². The second kappa shape index (κ2) is 5.25. The van der Waals surface area contributed by atoms with Gasteiger partial charge in [0.2, 0.25) is 0 Å². The van der Waals surface area contributed by atoms with Crippen molar-refractivity contribution in [2.24, 2.45) is 0 Å². The van der Waals surface area contributed by atoms with Crippen molar-refractivity contribution >= 4 is 57.2 Å². The van der Waals surface area contributed by atoms with E-state index >= 15 is 0 Å². The molecule has 3 aromatic carbocycles. The summed E-state index contributed by atoms with van der Waals surface area (Å²) in [5.74, 6) is 0.627. The Morgan fingerprint density at radius 3 is 2.36 bits per heavy atom. The van der Waals surface area contributed by atoms with E-state index in [0.29, 0.717) is 21.4 Å². The lowest BCUT2D eigenvalue weighted by Gasteiger charge is -2.15. The number of hydrogen-bond donors (Lipinski definition) is 0. The van der Waals surface area contributed by atoms with Gasteiger partial charge >= 0.3 is 0 Å². The largest absolute Gasteiger partial charge is 0.455 e. The number of fused-ring (bicyclic) bond motifs is 5. The zero-order chi connectivity index (χ0) is 17.2. The molecule has 2 heterocycles. The van der Waals surface area contributed by atoms with Crippen LogP contribution >= 0.6 is 30.3 Å². The van der Waals surface area contributed by atoms with Crippen molar-refractivity contribution in [2.45, 2.75) is 0 Å². The first-order valence-corrected chi connectivity index (χ1v) is 10.2. The normalized spacial score (nSPS) is 18.3. The van der Waals surface area contributed by atoms with E-state index in [2.05, 4.69) is 0 Å². The van der Waals surface area contributed by atoms with E-state index in [1.165, 1.54) is 0 Å². The van der Waals surface area contributed by atoms with Gasteiger partial charge in [-0.1, -0.05) is 53.5 Å². The summed E-state index contributed by atoms with van der Waals surface area (Å²) in [6, 6.07) is 20.4. The Labute approximate surface area is 154 Å². The highest BCUT2D eigenvalue weighted by Crippen LogP contribution is 2.55. The van der Waals surface area contributed by atoms with E-state index in [4.69, 9.17) is 27.6 Å². The van der Waals surface area contributed by atoms with Crippen LogP contribution in [0.15, 0.2) is 71.1 Å². The first-order chi connectivity index (χ1) is 12.1. The molecule has 0 spiro atoms. The van der Waals surface area contributed by atoms with Crippen molar-refractivity contribution < 1.29 is 8.98 Å². The minimum absolute atomic E-state index is 0.584. The first kappa shape index (κ1) is 15.3. The molecule has 5 rings (SSSR count). The molecule has 1 aliphatic rings. The van der Waals surface area contributed by atoms with E-state index < -0.39 is 7.14 Å². The molecule has 4 aromatic rings. The van der Waals surface area contributed by atoms with Crippen molar-refractivity contribution in [1.29, 1.82) is 0 Å². The zero-order valence-electron chi connectivity index (χ0n) is 12.9. The number of benzene rings is 3. The van der Waals surface area contributed by atoms with Crippen LogP contribution < -0.4 is 15.9 Å². The van der Waals surface area contributed by atoms with Gasteiger partial charge in [0.1, 0.15) is 11.3 Å². The first-order valence-electron chi connectivity index (χ1n) is 7.78. The van der Waals surface area contributed by atoms with Gasteiger partial charge in [-0.25, -0.2) is 0 Å². The monoisotopic (exact) mass is 384 g/mol. The molecule has 0 N–H and O–H groups in total. The lowest BCUT2D eigenvalue weighted by molar-refractivity contribution is 0.593. The van der Waals surface area contributed by atoms with Gasteiger partial charge in [-0.05, 0) is 30.3 Å². The fourth-order valence-corrected chi connectivity index (χ4v) is 7.01. The minimum Gasteiger partial charge on any atom is -0.455 e. The third-order valence-electron chi connectivity index (χ3n) is 4.60.